The van der Waals surface area contributed by atoms with E-state index in [1.807, 2.05) is 42.5 Å². The highest BCUT2D eigenvalue weighted by Gasteiger charge is 2.35. The lowest BCUT2D eigenvalue weighted by Crippen LogP contribution is -2.15. The summed E-state index contributed by atoms with van der Waals surface area (Å²) in [6.45, 7) is 20.2. The molecule has 0 saturated carbocycles. The Morgan fingerprint density at radius 3 is 1.21 bits per heavy atom. The second-order valence-corrected chi connectivity index (χ2v) is 24.2. The third-order valence-corrected chi connectivity index (χ3v) is 16.6. The van der Waals surface area contributed by atoms with Gasteiger partial charge in [0.05, 0.1) is 0 Å². The van der Waals surface area contributed by atoms with E-state index in [1.165, 1.54) is 92.4 Å². The average Bonchev–Trinajstić information content (AvgIpc) is 2.52. The minimum atomic E-state index is -0.0357. The largest absolute Gasteiger partial charge is 0.416 e. The highest BCUT2D eigenvalue weighted by atomic mass is 16.4. The molecule has 11 aromatic rings. The molecule has 0 N–H and O–H groups in total. The molecule has 12 rings (SSSR count). The molecule has 0 fully saturated rings. The number of rotatable bonds is 16. The number of hydrogen-bond acceptors (Lipinski definition) is 5. The summed E-state index contributed by atoms with van der Waals surface area (Å²) in [5.74, 6) is 1.07. The van der Waals surface area contributed by atoms with Crippen LogP contribution in [0.1, 0.15) is 113 Å². The highest BCUT2D eigenvalue weighted by Crippen LogP contribution is 2.50. The van der Waals surface area contributed by atoms with E-state index in [0.717, 1.165) is 63.7 Å². The number of aryl methyl sites for hydroxylation is 4. The van der Waals surface area contributed by atoms with Crippen molar-refractivity contribution in [3.63, 3.8) is 0 Å². The predicted octanol–water partition coefficient (Wildman–Crippen LogP) is 22.3. The van der Waals surface area contributed by atoms with Gasteiger partial charge in [-0.15, -0.1) is 10.2 Å². The van der Waals surface area contributed by atoms with Gasteiger partial charge in [0.25, 0.3) is 0 Å². The Balaban J connectivity index is 0.000000227. The first kappa shape index (κ1) is 56.8. The first-order valence-corrected chi connectivity index (χ1v) is 30.2. The van der Waals surface area contributed by atoms with Gasteiger partial charge < -0.3 is 14.2 Å². The van der Waals surface area contributed by atoms with E-state index >= 15 is 0 Å². The Bertz CT molecular complexity index is 3950. The number of benzene rings is 10. The van der Waals surface area contributed by atoms with Crippen molar-refractivity contribution in [2.45, 2.75) is 112 Å². The van der Waals surface area contributed by atoms with Crippen molar-refractivity contribution >= 4 is 34.1 Å². The zero-order valence-electron chi connectivity index (χ0n) is 50.5. The lowest BCUT2D eigenvalue weighted by molar-refractivity contribution is 0.582. The monoisotopic (exact) mass is 1100 g/mol. The standard InChI is InChI=1S/C55H56N2.C24H22N2O/c1-7-9-11-41-16-25-46(26-17-41)56(45-23-13-39(3)14-24-45)49-31-33-50(34-32-49)57(47-27-18-42(19-28-47)12-10-8-2)48-29-20-43(21-30-48)44-22-36-52-51-35-15-40(4)37-53(51)55(5,6)54(52)38-44;1-24(2,3)21-15-13-20(14-16-21)23-26-25-22(27-23)19-11-9-18(10-12-19)17-7-5-4-6-8-17/h13-38H,7-12H2,1-6H3;4-16H,1-3H3. The molecule has 5 nitrogen and oxygen atoms in total. The Morgan fingerprint density at radius 2 is 0.738 bits per heavy atom. The van der Waals surface area contributed by atoms with Crippen LogP contribution in [-0.2, 0) is 23.7 Å². The molecule has 10 aromatic carbocycles. The van der Waals surface area contributed by atoms with Crippen LogP contribution in [0.5, 0.6) is 0 Å². The molecule has 1 aromatic heterocycles. The molecular formula is C79H78N4O. The topological polar surface area (TPSA) is 45.4 Å². The molecule has 0 saturated heterocycles. The van der Waals surface area contributed by atoms with Crippen LogP contribution in [-0.4, -0.2) is 10.2 Å². The van der Waals surface area contributed by atoms with E-state index in [2.05, 4.69) is 276 Å². The van der Waals surface area contributed by atoms with E-state index in [4.69, 9.17) is 4.42 Å². The number of hydrogen-bond donors (Lipinski definition) is 0. The molecular weight excluding hydrogens is 1020 g/mol. The molecule has 5 heteroatoms. The molecule has 1 aliphatic carbocycles. The first-order valence-electron chi connectivity index (χ1n) is 30.2. The van der Waals surface area contributed by atoms with Crippen LogP contribution in [0.2, 0.25) is 0 Å². The molecule has 0 spiro atoms. The quantitative estimate of drug-likeness (QED) is 0.0965. The van der Waals surface area contributed by atoms with Crippen LogP contribution in [0.25, 0.3) is 56.3 Å². The molecule has 0 radical (unpaired) electrons. The van der Waals surface area contributed by atoms with E-state index in [0.29, 0.717) is 11.8 Å². The van der Waals surface area contributed by atoms with Crippen LogP contribution < -0.4 is 9.80 Å². The Labute approximate surface area is 499 Å². The smallest absolute Gasteiger partial charge is 0.248 e. The van der Waals surface area contributed by atoms with Crippen molar-refractivity contribution in [3.8, 4) is 56.3 Å². The van der Waals surface area contributed by atoms with Gasteiger partial charge in [-0.2, -0.15) is 0 Å². The highest BCUT2D eigenvalue weighted by molar-refractivity contribution is 5.86. The molecule has 420 valence electrons. The van der Waals surface area contributed by atoms with Crippen molar-refractivity contribution < 1.29 is 4.42 Å². The van der Waals surface area contributed by atoms with Gasteiger partial charge in [-0.05, 0) is 209 Å². The fourth-order valence-corrected chi connectivity index (χ4v) is 11.6. The fourth-order valence-electron chi connectivity index (χ4n) is 11.6. The third-order valence-electron chi connectivity index (χ3n) is 16.6. The summed E-state index contributed by atoms with van der Waals surface area (Å²) >= 11 is 0. The van der Waals surface area contributed by atoms with Crippen molar-refractivity contribution in [3.05, 3.63) is 276 Å². The molecule has 0 amide bonds. The molecule has 84 heavy (non-hydrogen) atoms. The summed E-state index contributed by atoms with van der Waals surface area (Å²) in [7, 11) is 0. The second-order valence-electron chi connectivity index (χ2n) is 24.2. The normalized spacial score (nSPS) is 12.2. The van der Waals surface area contributed by atoms with Crippen molar-refractivity contribution in [2.24, 2.45) is 0 Å². The Morgan fingerprint density at radius 1 is 0.381 bits per heavy atom. The maximum absolute atomic E-state index is 5.90. The number of fused-ring (bicyclic) bond motifs is 3. The summed E-state index contributed by atoms with van der Waals surface area (Å²) in [6.07, 6.45) is 7.05. The molecule has 1 heterocycles. The van der Waals surface area contributed by atoms with Crippen molar-refractivity contribution in [2.75, 3.05) is 9.80 Å². The minimum Gasteiger partial charge on any atom is -0.416 e. The third kappa shape index (κ3) is 12.5. The zero-order chi connectivity index (χ0) is 58.4. The van der Waals surface area contributed by atoms with E-state index in [9.17, 15) is 0 Å². The average molecular weight is 1100 g/mol. The molecule has 0 unspecified atom stereocenters. The summed E-state index contributed by atoms with van der Waals surface area (Å²) in [6, 6.07) is 86.1. The zero-order valence-corrected chi connectivity index (χ0v) is 50.5. The number of nitrogens with zero attached hydrogens (tertiary/aromatic N) is 4. The first-order chi connectivity index (χ1) is 40.7. The Kier molecular flexibility index (Phi) is 16.8. The van der Waals surface area contributed by atoms with Gasteiger partial charge in [0.1, 0.15) is 0 Å². The lowest BCUT2D eigenvalue weighted by Gasteiger charge is -2.29. The van der Waals surface area contributed by atoms with Gasteiger partial charge in [0.2, 0.25) is 11.8 Å². The molecule has 0 bridgehead atoms. The van der Waals surface area contributed by atoms with Crippen molar-refractivity contribution in [1.29, 1.82) is 0 Å². The van der Waals surface area contributed by atoms with Crippen LogP contribution >= 0.6 is 0 Å². The predicted molar refractivity (Wildman–Crippen MR) is 355 cm³/mol. The van der Waals surface area contributed by atoms with Gasteiger partial charge in [-0.3, -0.25) is 0 Å². The SMILES string of the molecule is CC(C)(C)c1ccc(-c2nnc(-c3ccc(-c4ccccc4)cc3)o2)cc1.CCCCc1ccc(N(c2ccc(C)cc2)c2ccc(N(c3ccc(CCCC)cc3)c3ccc(-c4ccc5c(c4)C(C)(C)c4cc(C)ccc4-5)cc3)cc2)cc1. The van der Waals surface area contributed by atoms with Gasteiger partial charge in [0, 0.05) is 50.7 Å². The van der Waals surface area contributed by atoms with E-state index < -0.39 is 0 Å². The van der Waals surface area contributed by atoms with E-state index in [1.54, 1.807) is 0 Å². The van der Waals surface area contributed by atoms with Crippen molar-refractivity contribution in [1.82, 2.24) is 10.2 Å². The van der Waals surface area contributed by atoms with Crippen LogP contribution in [0.3, 0.4) is 0 Å². The van der Waals surface area contributed by atoms with Gasteiger partial charge in [0.15, 0.2) is 0 Å². The van der Waals surface area contributed by atoms with Gasteiger partial charge in [-0.1, -0.05) is 206 Å². The second kappa shape index (κ2) is 24.8. The van der Waals surface area contributed by atoms with Gasteiger partial charge >= 0.3 is 0 Å². The maximum Gasteiger partial charge on any atom is 0.248 e. The van der Waals surface area contributed by atoms with Crippen LogP contribution in [0, 0.1) is 13.8 Å². The minimum absolute atomic E-state index is 0.0357. The van der Waals surface area contributed by atoms with Gasteiger partial charge in [-0.25, -0.2) is 0 Å². The summed E-state index contributed by atoms with van der Waals surface area (Å²) < 4.78 is 5.90. The maximum atomic E-state index is 5.90. The van der Waals surface area contributed by atoms with E-state index in [-0.39, 0.29) is 10.8 Å². The number of unbranched alkanes of at least 4 members (excludes halogenated alkanes) is 2. The summed E-state index contributed by atoms with van der Waals surface area (Å²) in [5.41, 5.74) is 25.8. The summed E-state index contributed by atoms with van der Waals surface area (Å²) in [5, 5.41) is 8.44. The number of anilines is 6. The molecule has 1 aliphatic rings. The van der Waals surface area contributed by atoms with Crippen LogP contribution in [0.15, 0.2) is 241 Å². The Hall–Kier alpha value is -9.06. The molecule has 0 aliphatic heterocycles. The lowest BCUT2D eigenvalue weighted by atomic mass is 9.81. The number of aromatic nitrogens is 2. The summed E-state index contributed by atoms with van der Waals surface area (Å²) in [4.78, 5) is 4.76. The molecule has 0 atom stereocenters. The van der Waals surface area contributed by atoms with Crippen LogP contribution in [0.4, 0.5) is 34.1 Å². The fraction of sp³-hybridized carbons (Fsp3) is 0.215.